The maximum absolute atomic E-state index is 11.3. The Morgan fingerprint density at radius 1 is 1.09 bits per heavy atom. The normalized spacial score (nSPS) is 26.3. The Kier molecular flexibility index (Phi) is 7.83. The highest BCUT2D eigenvalue weighted by atomic mass is 16.7. The van der Waals surface area contributed by atoms with Crippen molar-refractivity contribution in [1.82, 2.24) is 0 Å². The number of anilines is 1. The molecule has 32 heavy (non-hydrogen) atoms. The minimum Gasteiger partial charge on any atom is -0.493 e. The van der Waals surface area contributed by atoms with Gasteiger partial charge in [0.05, 0.1) is 11.4 Å². The number of benzene rings is 1. The lowest BCUT2D eigenvalue weighted by Gasteiger charge is -2.38. The van der Waals surface area contributed by atoms with Gasteiger partial charge in [0.1, 0.15) is 30.7 Å². The molecule has 5 unspecified atom stereocenters. The summed E-state index contributed by atoms with van der Waals surface area (Å²) in [6.07, 6.45) is -8.43. The number of rotatable bonds is 7. The van der Waals surface area contributed by atoms with Crippen LogP contribution in [0.5, 0.6) is 5.75 Å². The first-order valence-electron chi connectivity index (χ1n) is 10.4. The van der Waals surface area contributed by atoms with Crippen molar-refractivity contribution in [1.29, 1.82) is 0 Å². The lowest BCUT2D eigenvalue weighted by molar-refractivity contribution is -0.271. The zero-order valence-electron chi connectivity index (χ0n) is 19.5. The fourth-order valence-electron chi connectivity index (χ4n) is 2.93. The highest BCUT2D eigenvalue weighted by molar-refractivity contribution is 5.73. The van der Waals surface area contributed by atoms with Crippen LogP contribution in [-0.4, -0.2) is 62.6 Å². The molecule has 5 atom stereocenters. The van der Waals surface area contributed by atoms with E-state index in [1.165, 1.54) is 0 Å². The van der Waals surface area contributed by atoms with Crippen LogP contribution in [0.1, 0.15) is 47.1 Å². The number of hydrogen-bond acceptors (Lipinski definition) is 8. The van der Waals surface area contributed by atoms with Crippen LogP contribution in [0.4, 0.5) is 5.69 Å². The second-order valence-corrected chi connectivity index (χ2v) is 10.0. The highest BCUT2D eigenvalue weighted by Gasteiger charge is 2.48. The van der Waals surface area contributed by atoms with Gasteiger partial charge in [0.2, 0.25) is 6.29 Å². The summed E-state index contributed by atoms with van der Waals surface area (Å²) in [5, 5.41) is 42.7. The summed E-state index contributed by atoms with van der Waals surface area (Å²) in [7, 11) is 0. The van der Waals surface area contributed by atoms with Crippen molar-refractivity contribution < 1.29 is 39.4 Å². The summed E-state index contributed by atoms with van der Waals surface area (Å²) < 4.78 is 16.8. The maximum atomic E-state index is 11.3. The molecule has 1 heterocycles. The van der Waals surface area contributed by atoms with E-state index in [2.05, 4.69) is 11.9 Å². The fourth-order valence-corrected chi connectivity index (χ4v) is 2.93. The van der Waals surface area contributed by atoms with Gasteiger partial charge in [-0.05, 0) is 38.5 Å². The third kappa shape index (κ3) is 6.59. The summed E-state index contributed by atoms with van der Waals surface area (Å²) in [6.45, 7) is 16.1. The molecule has 0 amide bonds. The standard InChI is InChI=1S/C23H35NO8/c1-12(22(2,3)4)30-11-13-8-9-15(14(10-13)24-23(5,6)7)31-21-18(27)16(25)17(26)19(32-21)20(28)29/h8-10,16-19,21,24-27H,1,11H2,2-7H3,(H,28,29). The smallest absolute Gasteiger partial charge is 0.335 e. The third-order valence-electron chi connectivity index (χ3n) is 4.86. The van der Waals surface area contributed by atoms with Gasteiger partial charge in [0.25, 0.3) is 0 Å². The van der Waals surface area contributed by atoms with E-state index in [9.17, 15) is 25.2 Å². The molecule has 0 spiro atoms. The molecule has 9 nitrogen and oxygen atoms in total. The molecule has 1 aliphatic rings. The highest BCUT2D eigenvalue weighted by Crippen LogP contribution is 2.33. The Balaban J connectivity index is 2.27. The van der Waals surface area contributed by atoms with E-state index in [4.69, 9.17) is 14.2 Å². The molecule has 1 aromatic carbocycles. The molecule has 0 saturated carbocycles. The Bertz CT molecular complexity index is 826. The van der Waals surface area contributed by atoms with Crippen LogP contribution in [0.2, 0.25) is 0 Å². The SMILES string of the molecule is C=C(OCc1ccc(OC2OC(C(=O)O)C(O)C(O)C2O)c(NC(C)(C)C)c1)C(C)(C)C. The quantitative estimate of drug-likeness (QED) is 0.394. The average molecular weight is 454 g/mol. The molecule has 9 heteroatoms. The molecule has 0 aromatic heterocycles. The molecule has 0 aliphatic carbocycles. The molecule has 1 aliphatic heterocycles. The van der Waals surface area contributed by atoms with Gasteiger partial charge < -0.3 is 40.0 Å². The van der Waals surface area contributed by atoms with Crippen LogP contribution in [-0.2, 0) is 20.9 Å². The number of carboxylic acids is 1. The third-order valence-corrected chi connectivity index (χ3v) is 4.86. The van der Waals surface area contributed by atoms with Gasteiger partial charge in [-0.25, -0.2) is 4.79 Å². The Morgan fingerprint density at radius 2 is 1.72 bits per heavy atom. The van der Waals surface area contributed by atoms with Crippen molar-refractivity contribution in [2.24, 2.45) is 5.41 Å². The van der Waals surface area contributed by atoms with E-state index < -0.39 is 36.7 Å². The van der Waals surface area contributed by atoms with E-state index in [0.29, 0.717) is 11.4 Å². The number of allylic oxidation sites excluding steroid dienone is 1. The molecule has 5 N–H and O–H groups in total. The summed E-state index contributed by atoms with van der Waals surface area (Å²) in [5.41, 5.74) is 0.843. The minimum atomic E-state index is -1.79. The summed E-state index contributed by atoms with van der Waals surface area (Å²) in [5.74, 6) is -0.555. The summed E-state index contributed by atoms with van der Waals surface area (Å²) in [6, 6.07) is 5.20. The molecule has 180 valence electrons. The van der Waals surface area contributed by atoms with Gasteiger partial charge >= 0.3 is 5.97 Å². The largest absolute Gasteiger partial charge is 0.493 e. The Hall–Kier alpha value is -2.33. The Labute approximate surface area is 188 Å². The summed E-state index contributed by atoms with van der Waals surface area (Å²) in [4.78, 5) is 11.3. The number of aliphatic carboxylic acids is 1. The first-order valence-corrected chi connectivity index (χ1v) is 10.4. The fraction of sp³-hybridized carbons (Fsp3) is 0.609. The molecule has 1 saturated heterocycles. The number of aliphatic hydroxyl groups is 3. The van der Waals surface area contributed by atoms with Gasteiger partial charge in [-0.1, -0.05) is 33.4 Å². The zero-order chi connectivity index (χ0) is 24.4. The molecule has 0 radical (unpaired) electrons. The van der Waals surface area contributed by atoms with Crippen molar-refractivity contribution in [2.45, 2.75) is 84.4 Å². The van der Waals surface area contributed by atoms with Gasteiger partial charge in [-0.3, -0.25) is 0 Å². The molecule has 2 rings (SSSR count). The molecule has 0 bridgehead atoms. The number of hydrogen-bond donors (Lipinski definition) is 5. The molecular weight excluding hydrogens is 418 g/mol. The van der Waals surface area contributed by atoms with Gasteiger partial charge in [-0.2, -0.15) is 0 Å². The average Bonchev–Trinajstić information content (AvgIpc) is 2.65. The van der Waals surface area contributed by atoms with E-state index in [1.54, 1.807) is 12.1 Å². The van der Waals surface area contributed by atoms with Crippen LogP contribution in [0.15, 0.2) is 30.5 Å². The van der Waals surface area contributed by atoms with E-state index in [-0.39, 0.29) is 23.3 Å². The zero-order valence-corrected chi connectivity index (χ0v) is 19.5. The molecular formula is C23H35NO8. The second-order valence-electron chi connectivity index (χ2n) is 10.0. The van der Waals surface area contributed by atoms with Gasteiger partial charge in [0.15, 0.2) is 6.10 Å². The van der Waals surface area contributed by atoms with Crippen LogP contribution in [0.3, 0.4) is 0 Å². The van der Waals surface area contributed by atoms with E-state index >= 15 is 0 Å². The topological polar surface area (TPSA) is 138 Å². The van der Waals surface area contributed by atoms with Crippen LogP contribution in [0, 0.1) is 5.41 Å². The lowest BCUT2D eigenvalue weighted by atomic mass is 9.95. The number of ether oxygens (including phenoxy) is 3. The van der Waals surface area contributed by atoms with Crippen LogP contribution < -0.4 is 10.1 Å². The van der Waals surface area contributed by atoms with Crippen molar-refractivity contribution in [2.75, 3.05) is 5.32 Å². The van der Waals surface area contributed by atoms with E-state index in [1.807, 2.05) is 47.6 Å². The van der Waals surface area contributed by atoms with Crippen LogP contribution >= 0.6 is 0 Å². The number of nitrogens with one attached hydrogen (secondary N) is 1. The molecule has 1 aromatic rings. The van der Waals surface area contributed by atoms with Gasteiger partial charge in [-0.15, -0.1) is 0 Å². The number of carbonyl (C=O) groups is 1. The minimum absolute atomic E-state index is 0.198. The Morgan fingerprint density at radius 3 is 2.25 bits per heavy atom. The van der Waals surface area contributed by atoms with Crippen molar-refractivity contribution in [3.63, 3.8) is 0 Å². The number of carboxylic acid groups (broad SMARTS) is 1. The summed E-state index contributed by atoms with van der Waals surface area (Å²) >= 11 is 0. The van der Waals surface area contributed by atoms with Gasteiger partial charge in [0, 0.05) is 11.0 Å². The monoisotopic (exact) mass is 453 g/mol. The van der Waals surface area contributed by atoms with Crippen molar-refractivity contribution in [3.05, 3.63) is 36.1 Å². The van der Waals surface area contributed by atoms with E-state index in [0.717, 1.165) is 5.56 Å². The predicted molar refractivity (Wildman–Crippen MR) is 118 cm³/mol. The first kappa shape index (κ1) is 25.9. The second kappa shape index (κ2) is 9.66. The predicted octanol–water partition coefficient (Wildman–Crippen LogP) is 2.24. The maximum Gasteiger partial charge on any atom is 0.335 e. The molecule has 1 fully saturated rings. The van der Waals surface area contributed by atoms with Crippen molar-refractivity contribution in [3.8, 4) is 5.75 Å². The van der Waals surface area contributed by atoms with Crippen LogP contribution in [0.25, 0.3) is 0 Å². The number of aliphatic hydroxyl groups excluding tert-OH is 3. The van der Waals surface area contributed by atoms with Crippen molar-refractivity contribution >= 4 is 11.7 Å². The first-order chi connectivity index (χ1) is 14.6. The lowest BCUT2D eigenvalue weighted by Crippen LogP contribution is -2.61.